The summed E-state index contributed by atoms with van der Waals surface area (Å²) in [5.41, 5.74) is 4.14. The van der Waals surface area contributed by atoms with Crippen LogP contribution in [0.25, 0.3) is 27.3 Å². The molecule has 6 heteroatoms. The number of fused-ring (bicyclic) bond motifs is 1. The van der Waals surface area contributed by atoms with E-state index in [1.54, 1.807) is 18.4 Å². The van der Waals surface area contributed by atoms with E-state index in [0.29, 0.717) is 11.3 Å². The highest BCUT2D eigenvalue weighted by Gasteiger charge is 2.36. The van der Waals surface area contributed by atoms with Crippen LogP contribution >= 0.6 is 22.7 Å². The molecule has 0 saturated carbocycles. The summed E-state index contributed by atoms with van der Waals surface area (Å²) in [5.74, 6) is 0.912. The summed E-state index contributed by atoms with van der Waals surface area (Å²) >= 11 is 3.25. The van der Waals surface area contributed by atoms with Gasteiger partial charge in [-0.2, -0.15) is 0 Å². The number of aromatic nitrogens is 1. The van der Waals surface area contributed by atoms with Crippen molar-refractivity contribution in [1.82, 2.24) is 4.98 Å². The molecule has 160 valence electrons. The highest BCUT2D eigenvalue weighted by molar-refractivity contribution is 7.19. The summed E-state index contributed by atoms with van der Waals surface area (Å²) < 4.78 is 12.6. The van der Waals surface area contributed by atoms with E-state index in [4.69, 9.17) is 9.47 Å². The summed E-state index contributed by atoms with van der Waals surface area (Å²) in [6.45, 7) is 5.99. The van der Waals surface area contributed by atoms with Gasteiger partial charge in [0.05, 0.1) is 28.3 Å². The molecular weight excluding hydrogens is 438 g/mol. The predicted molar refractivity (Wildman–Crippen MR) is 132 cm³/mol. The van der Waals surface area contributed by atoms with Gasteiger partial charge in [-0.1, -0.05) is 36.4 Å². The predicted octanol–water partition coefficient (Wildman–Crippen LogP) is 6.80. The highest BCUT2D eigenvalue weighted by Crippen LogP contribution is 2.48. The van der Waals surface area contributed by atoms with E-state index in [1.807, 2.05) is 56.3 Å². The van der Waals surface area contributed by atoms with E-state index in [2.05, 4.69) is 24.0 Å². The van der Waals surface area contributed by atoms with Gasteiger partial charge in [0.15, 0.2) is 0 Å². The first kappa shape index (κ1) is 20.7. The number of hydrogen-bond acceptors (Lipinski definition) is 6. The summed E-state index contributed by atoms with van der Waals surface area (Å²) in [4.78, 5) is 19.8. The first-order valence-electron chi connectivity index (χ1n) is 10.2. The largest absolute Gasteiger partial charge is 0.496 e. The lowest BCUT2D eigenvalue weighted by Crippen LogP contribution is -1.98. The Morgan fingerprint density at radius 3 is 2.47 bits per heavy atom. The Kier molecular flexibility index (Phi) is 5.19. The smallest absolute Gasteiger partial charge is 0.345 e. The van der Waals surface area contributed by atoms with Crippen LogP contribution in [-0.4, -0.2) is 18.1 Å². The van der Waals surface area contributed by atoms with Gasteiger partial charge in [0.1, 0.15) is 11.5 Å². The number of thiazole rings is 1. The lowest BCUT2D eigenvalue weighted by molar-refractivity contribution is -0.131. The van der Waals surface area contributed by atoms with E-state index in [0.717, 1.165) is 48.3 Å². The molecule has 0 amide bonds. The fourth-order valence-electron chi connectivity index (χ4n) is 4.15. The molecule has 0 spiro atoms. The van der Waals surface area contributed by atoms with Crippen LogP contribution in [0.4, 0.5) is 0 Å². The maximum Gasteiger partial charge on any atom is 0.345 e. The number of ether oxygens (including phenoxy) is 2. The number of benzene rings is 2. The number of esters is 1. The summed E-state index contributed by atoms with van der Waals surface area (Å²) in [6.07, 6.45) is 1.90. The van der Waals surface area contributed by atoms with Gasteiger partial charge in [0, 0.05) is 31.7 Å². The number of methoxy groups -OCH3 is 1. The van der Waals surface area contributed by atoms with Crippen molar-refractivity contribution in [2.75, 3.05) is 7.11 Å². The van der Waals surface area contributed by atoms with E-state index in [1.165, 1.54) is 16.0 Å². The van der Waals surface area contributed by atoms with Gasteiger partial charge in [-0.3, -0.25) is 0 Å². The molecule has 3 heterocycles. The average molecular weight is 460 g/mol. The zero-order chi connectivity index (χ0) is 22.4. The Hall–Kier alpha value is -3.22. The number of carbonyl (C=O) groups is 1. The normalized spacial score (nSPS) is 15.1. The second-order valence-corrected chi connectivity index (χ2v) is 10.0. The number of aryl methyl sites for hydroxylation is 3. The van der Waals surface area contributed by atoms with Crippen molar-refractivity contribution in [3.63, 3.8) is 0 Å². The molecule has 0 unspecified atom stereocenters. The van der Waals surface area contributed by atoms with Crippen molar-refractivity contribution in [3.8, 4) is 5.75 Å². The van der Waals surface area contributed by atoms with Gasteiger partial charge >= 0.3 is 5.97 Å². The Bertz CT molecular complexity index is 1440. The van der Waals surface area contributed by atoms with Gasteiger partial charge < -0.3 is 9.47 Å². The van der Waals surface area contributed by atoms with E-state index in [9.17, 15) is 4.79 Å². The third kappa shape index (κ3) is 3.36. The molecule has 0 bridgehead atoms. The third-order valence-corrected chi connectivity index (χ3v) is 7.66. The van der Waals surface area contributed by atoms with Crippen molar-refractivity contribution >= 4 is 56.0 Å². The van der Waals surface area contributed by atoms with Gasteiger partial charge in [-0.15, -0.1) is 22.7 Å². The lowest BCUT2D eigenvalue weighted by Gasteiger charge is -2.09. The number of nitrogens with zero attached hydrogens (tertiary/aromatic N) is 1. The molecule has 2 aromatic heterocycles. The minimum Gasteiger partial charge on any atom is -0.496 e. The average Bonchev–Trinajstić information content (AvgIpc) is 3.39. The molecule has 0 N–H and O–H groups in total. The maximum atomic E-state index is 13.3. The molecule has 0 radical (unpaired) electrons. The molecule has 5 rings (SSSR count). The lowest BCUT2D eigenvalue weighted by atomic mass is 9.95. The van der Waals surface area contributed by atoms with Crippen LogP contribution in [0.5, 0.6) is 5.75 Å². The van der Waals surface area contributed by atoms with Crippen LogP contribution in [-0.2, 0) is 9.53 Å². The number of thiophene rings is 1. The van der Waals surface area contributed by atoms with Crippen LogP contribution < -0.4 is 4.74 Å². The third-order valence-electron chi connectivity index (χ3n) is 5.48. The summed E-state index contributed by atoms with van der Waals surface area (Å²) in [6, 6.07) is 16.0. The Labute approximate surface area is 194 Å². The Balaban J connectivity index is 1.85. The molecule has 32 heavy (non-hydrogen) atoms. The zero-order valence-corrected chi connectivity index (χ0v) is 19.8. The number of hydrogen-bond donors (Lipinski definition) is 0. The van der Waals surface area contributed by atoms with Crippen LogP contribution in [0.2, 0.25) is 0 Å². The molecule has 0 saturated heterocycles. The zero-order valence-electron chi connectivity index (χ0n) is 18.2. The first-order chi connectivity index (χ1) is 15.5. The monoisotopic (exact) mass is 459 g/mol. The fourth-order valence-corrected chi connectivity index (χ4v) is 6.18. The van der Waals surface area contributed by atoms with Crippen LogP contribution in [0, 0.1) is 20.8 Å². The molecule has 1 aliphatic heterocycles. The number of rotatable bonds is 4. The summed E-state index contributed by atoms with van der Waals surface area (Å²) in [5, 5.41) is 2.04. The topological polar surface area (TPSA) is 48.4 Å². The van der Waals surface area contributed by atoms with Crippen molar-refractivity contribution in [1.29, 1.82) is 0 Å². The Morgan fingerprint density at radius 2 is 1.72 bits per heavy atom. The second-order valence-electron chi connectivity index (χ2n) is 7.57. The van der Waals surface area contributed by atoms with Crippen molar-refractivity contribution in [3.05, 3.63) is 85.9 Å². The van der Waals surface area contributed by atoms with Crippen molar-refractivity contribution in [2.45, 2.75) is 20.8 Å². The van der Waals surface area contributed by atoms with Crippen molar-refractivity contribution in [2.24, 2.45) is 0 Å². The van der Waals surface area contributed by atoms with Gasteiger partial charge in [0.2, 0.25) is 0 Å². The Morgan fingerprint density at radius 1 is 0.969 bits per heavy atom. The molecule has 1 aliphatic rings. The minimum atomic E-state index is -0.345. The summed E-state index contributed by atoms with van der Waals surface area (Å²) in [7, 11) is 1.64. The van der Waals surface area contributed by atoms with Crippen LogP contribution in [0.1, 0.15) is 31.6 Å². The molecule has 0 aliphatic carbocycles. The standard InChI is InChI=1S/C26H21NO3S2/c1-14-25(32-16(3)27-14)24-23(22-15(2)31-21-12-8-6-10-18(21)22)20(30-26(24)28)13-17-9-5-7-11-19(17)29-4/h5-13H,1-4H3/b20-13-. The number of cyclic esters (lactones) is 1. The maximum absolute atomic E-state index is 13.3. The van der Waals surface area contributed by atoms with Gasteiger partial charge in [-0.05, 0) is 39.0 Å². The molecule has 4 nitrogen and oxygen atoms in total. The fraction of sp³-hybridized carbons (Fsp3) is 0.154. The van der Waals surface area contributed by atoms with E-state index >= 15 is 0 Å². The SMILES string of the molecule is COc1ccccc1/C=C1\OC(=O)C(c2sc(C)nc2C)=C1c1c(C)sc2ccccc12. The van der Waals surface area contributed by atoms with Gasteiger partial charge in [-0.25, -0.2) is 9.78 Å². The highest BCUT2D eigenvalue weighted by atomic mass is 32.1. The van der Waals surface area contributed by atoms with Gasteiger partial charge in [0.25, 0.3) is 0 Å². The molecule has 4 aromatic rings. The first-order valence-corrected chi connectivity index (χ1v) is 11.9. The van der Waals surface area contributed by atoms with E-state index in [-0.39, 0.29) is 5.97 Å². The van der Waals surface area contributed by atoms with E-state index < -0.39 is 0 Å². The van der Waals surface area contributed by atoms with Crippen molar-refractivity contribution < 1.29 is 14.3 Å². The molecule has 0 fully saturated rings. The molecule has 0 atom stereocenters. The molecule has 2 aromatic carbocycles. The second kappa shape index (κ2) is 8.04. The molecular formula is C26H21NO3S2. The number of allylic oxidation sites excluding steroid dienone is 1. The number of carbonyl (C=O) groups excluding carboxylic acids is 1. The van der Waals surface area contributed by atoms with Crippen LogP contribution in [0.3, 0.4) is 0 Å². The van der Waals surface area contributed by atoms with Crippen LogP contribution in [0.15, 0.2) is 54.3 Å². The minimum absolute atomic E-state index is 0.345. The number of para-hydroxylation sites is 1. The quantitative estimate of drug-likeness (QED) is 0.315.